The molecule has 0 saturated carbocycles. The predicted octanol–water partition coefficient (Wildman–Crippen LogP) is -0.0744. The van der Waals surface area contributed by atoms with E-state index in [4.69, 9.17) is 0 Å². The normalized spacial score (nSPS) is 23.8. The maximum Gasteiger partial charge on any atom is 0.222 e. The molecule has 2 heterocycles. The molecule has 6 nitrogen and oxygen atoms in total. The summed E-state index contributed by atoms with van der Waals surface area (Å²) in [6.07, 6.45) is 4.52. The first-order chi connectivity index (χ1) is 9.52. The fraction of sp³-hybridized carbons (Fsp3) is 0.714. The highest BCUT2D eigenvalue weighted by atomic mass is 16.3. The van der Waals surface area contributed by atoms with Crippen LogP contribution < -0.4 is 5.32 Å². The number of aromatic nitrogens is 2. The smallest absolute Gasteiger partial charge is 0.222 e. The van der Waals surface area contributed by atoms with Gasteiger partial charge in [-0.25, -0.2) is 0 Å². The highest BCUT2D eigenvalue weighted by molar-refractivity contribution is 5.76. The molecule has 0 aromatic carbocycles. The summed E-state index contributed by atoms with van der Waals surface area (Å²) in [4.78, 5) is 13.7. The Hall–Kier alpha value is -1.40. The van der Waals surface area contributed by atoms with Crippen molar-refractivity contribution in [1.82, 2.24) is 20.0 Å². The maximum absolute atomic E-state index is 11.5. The molecule has 1 aliphatic heterocycles. The number of hydrogen-bond acceptors (Lipinski definition) is 4. The summed E-state index contributed by atoms with van der Waals surface area (Å²) in [5.41, 5.74) is 0.301. The van der Waals surface area contributed by atoms with Gasteiger partial charge < -0.3 is 15.3 Å². The number of nitrogens with zero attached hydrogens (tertiary/aromatic N) is 3. The Morgan fingerprint density at radius 3 is 3.05 bits per heavy atom. The minimum absolute atomic E-state index is 0.0963. The molecule has 112 valence electrons. The quantitative estimate of drug-likeness (QED) is 0.792. The zero-order chi connectivity index (χ0) is 14.6. The molecular weight excluding hydrogens is 256 g/mol. The molecule has 1 aromatic heterocycles. The van der Waals surface area contributed by atoms with Gasteiger partial charge in [0.25, 0.3) is 0 Å². The minimum Gasteiger partial charge on any atom is -0.388 e. The van der Waals surface area contributed by atoms with Gasteiger partial charge in [-0.1, -0.05) is 0 Å². The van der Waals surface area contributed by atoms with Crippen molar-refractivity contribution in [2.45, 2.75) is 31.3 Å². The Morgan fingerprint density at radius 1 is 1.60 bits per heavy atom. The van der Waals surface area contributed by atoms with Crippen molar-refractivity contribution >= 4 is 5.91 Å². The van der Waals surface area contributed by atoms with E-state index in [1.807, 2.05) is 17.8 Å². The summed E-state index contributed by atoms with van der Waals surface area (Å²) >= 11 is 0. The number of likely N-dealkylation sites (tertiary alicyclic amines) is 1. The molecule has 1 atom stereocenters. The number of aliphatic hydroxyl groups is 1. The van der Waals surface area contributed by atoms with Gasteiger partial charge in [-0.15, -0.1) is 0 Å². The maximum atomic E-state index is 11.5. The number of hydrogen-bond donors (Lipinski definition) is 2. The first-order valence-corrected chi connectivity index (χ1v) is 7.15. The van der Waals surface area contributed by atoms with Gasteiger partial charge in [0.15, 0.2) is 0 Å². The van der Waals surface area contributed by atoms with Crippen LogP contribution in [0.15, 0.2) is 12.3 Å². The van der Waals surface area contributed by atoms with E-state index in [0.29, 0.717) is 13.0 Å². The zero-order valence-corrected chi connectivity index (χ0v) is 12.3. The Labute approximate surface area is 119 Å². The molecule has 0 spiro atoms. The Kier molecular flexibility index (Phi) is 4.77. The van der Waals surface area contributed by atoms with E-state index in [-0.39, 0.29) is 12.3 Å². The molecule has 0 aliphatic carbocycles. The van der Waals surface area contributed by atoms with Gasteiger partial charge in [0.1, 0.15) is 0 Å². The summed E-state index contributed by atoms with van der Waals surface area (Å²) in [5.74, 6) is -0.0963. The fourth-order valence-corrected chi connectivity index (χ4v) is 2.85. The van der Waals surface area contributed by atoms with Gasteiger partial charge in [-0.3, -0.25) is 9.48 Å². The molecule has 6 heteroatoms. The van der Waals surface area contributed by atoms with Crippen LogP contribution >= 0.6 is 0 Å². The number of carbonyl (C=O) groups excluding carboxylic acids is 1. The zero-order valence-electron chi connectivity index (χ0n) is 12.3. The lowest BCUT2D eigenvalue weighted by molar-refractivity contribution is -0.128. The first kappa shape index (κ1) is 15.0. The van der Waals surface area contributed by atoms with Crippen LogP contribution in [0.3, 0.4) is 0 Å². The molecular formula is C14H24N4O2. The molecule has 0 bridgehead atoms. The van der Waals surface area contributed by atoms with Crippen molar-refractivity contribution in [2.75, 3.05) is 26.7 Å². The second-order valence-corrected chi connectivity index (χ2v) is 5.65. The highest BCUT2D eigenvalue weighted by Gasteiger charge is 2.34. The average molecular weight is 280 g/mol. The van der Waals surface area contributed by atoms with Crippen molar-refractivity contribution in [1.29, 1.82) is 0 Å². The number of piperidine rings is 1. The number of amides is 1. The van der Waals surface area contributed by atoms with Gasteiger partial charge >= 0.3 is 0 Å². The van der Waals surface area contributed by atoms with Gasteiger partial charge in [-0.05, 0) is 25.5 Å². The predicted molar refractivity (Wildman–Crippen MR) is 76.2 cm³/mol. The highest BCUT2D eigenvalue weighted by Crippen LogP contribution is 2.24. The van der Waals surface area contributed by atoms with Crippen LogP contribution in [-0.2, 0) is 18.3 Å². The molecule has 1 unspecified atom stereocenters. The van der Waals surface area contributed by atoms with Crippen LogP contribution in [0.25, 0.3) is 0 Å². The second kappa shape index (κ2) is 6.37. The van der Waals surface area contributed by atoms with Crippen LogP contribution in [0.1, 0.15) is 25.0 Å². The van der Waals surface area contributed by atoms with E-state index in [2.05, 4.69) is 15.3 Å². The fourth-order valence-electron chi connectivity index (χ4n) is 2.85. The number of rotatable bonds is 5. The van der Waals surface area contributed by atoms with Gasteiger partial charge in [0, 0.05) is 45.5 Å². The summed E-state index contributed by atoms with van der Waals surface area (Å²) < 4.78 is 1.88. The Balaban J connectivity index is 1.87. The molecule has 1 aromatic rings. The standard InChI is InChI=1S/C14H24N4O2/c1-15-13(19)10-14(20)6-3-8-18(11-14)9-5-12-4-7-16-17(12)2/h4,7,20H,3,5-6,8-11H2,1-2H3,(H,15,19). The van der Waals surface area contributed by atoms with E-state index >= 15 is 0 Å². The SMILES string of the molecule is CNC(=O)CC1(O)CCCN(CCc2ccnn2C)C1. The van der Waals surface area contributed by atoms with Gasteiger partial charge in [-0.2, -0.15) is 5.10 Å². The molecule has 1 saturated heterocycles. The Bertz CT molecular complexity index is 460. The third-order valence-electron chi connectivity index (χ3n) is 4.01. The van der Waals surface area contributed by atoms with Crippen molar-refractivity contribution in [3.05, 3.63) is 18.0 Å². The molecule has 1 amide bonds. The molecule has 1 aliphatic rings. The molecule has 2 N–H and O–H groups in total. The lowest BCUT2D eigenvalue weighted by Gasteiger charge is -2.38. The third kappa shape index (κ3) is 3.80. The summed E-state index contributed by atoms with van der Waals surface area (Å²) in [7, 11) is 3.54. The largest absolute Gasteiger partial charge is 0.388 e. The lowest BCUT2D eigenvalue weighted by Crippen LogP contribution is -2.50. The van der Waals surface area contributed by atoms with Crippen LogP contribution in [0.4, 0.5) is 0 Å². The number of nitrogens with one attached hydrogen (secondary N) is 1. The van der Waals surface area contributed by atoms with Crippen molar-refractivity contribution in [3.63, 3.8) is 0 Å². The van der Waals surface area contributed by atoms with Crippen molar-refractivity contribution < 1.29 is 9.90 Å². The summed E-state index contributed by atoms with van der Waals surface area (Å²) in [6, 6.07) is 2.01. The molecule has 2 rings (SSSR count). The van der Waals surface area contributed by atoms with E-state index < -0.39 is 5.60 Å². The Morgan fingerprint density at radius 2 is 2.40 bits per heavy atom. The number of β-amino-alcohol motifs (C(OH)–C–C–N with tert-alkyl or cyclic N) is 1. The lowest BCUT2D eigenvalue weighted by atomic mass is 9.89. The van der Waals surface area contributed by atoms with Crippen molar-refractivity contribution in [3.8, 4) is 0 Å². The van der Waals surface area contributed by atoms with E-state index in [9.17, 15) is 9.90 Å². The average Bonchev–Trinajstić information content (AvgIpc) is 2.81. The number of aryl methyl sites for hydroxylation is 1. The van der Waals surface area contributed by atoms with Crippen LogP contribution in [0, 0.1) is 0 Å². The van der Waals surface area contributed by atoms with Gasteiger partial charge in [0.2, 0.25) is 5.91 Å². The topological polar surface area (TPSA) is 70.4 Å². The van der Waals surface area contributed by atoms with Crippen LogP contribution in [0.2, 0.25) is 0 Å². The second-order valence-electron chi connectivity index (χ2n) is 5.65. The van der Waals surface area contributed by atoms with Crippen molar-refractivity contribution in [2.24, 2.45) is 7.05 Å². The van der Waals surface area contributed by atoms with Crippen LogP contribution in [-0.4, -0.2) is 58.0 Å². The van der Waals surface area contributed by atoms with E-state index in [0.717, 1.165) is 25.9 Å². The first-order valence-electron chi connectivity index (χ1n) is 7.15. The molecule has 0 radical (unpaired) electrons. The van der Waals surface area contributed by atoms with Crippen LogP contribution in [0.5, 0.6) is 0 Å². The van der Waals surface area contributed by atoms with Gasteiger partial charge in [0.05, 0.1) is 12.0 Å². The number of carbonyl (C=O) groups is 1. The monoisotopic (exact) mass is 280 g/mol. The third-order valence-corrected chi connectivity index (χ3v) is 4.01. The molecule has 20 heavy (non-hydrogen) atoms. The van der Waals surface area contributed by atoms with E-state index in [1.54, 1.807) is 13.2 Å². The minimum atomic E-state index is -0.884. The summed E-state index contributed by atoms with van der Waals surface area (Å²) in [5, 5.41) is 17.3. The van der Waals surface area contributed by atoms with E-state index in [1.165, 1.54) is 5.69 Å². The summed E-state index contributed by atoms with van der Waals surface area (Å²) in [6.45, 7) is 2.43. The molecule has 1 fully saturated rings.